The lowest BCUT2D eigenvalue weighted by atomic mass is 9.85. The van der Waals surface area contributed by atoms with Gasteiger partial charge in [-0.1, -0.05) is 120 Å². The van der Waals surface area contributed by atoms with Gasteiger partial charge < -0.3 is 41.0 Å². The van der Waals surface area contributed by atoms with Crippen LogP contribution >= 0.6 is 0 Å². The molecule has 0 saturated carbocycles. The van der Waals surface area contributed by atoms with E-state index < -0.39 is 41.8 Å². The van der Waals surface area contributed by atoms with Crippen molar-refractivity contribution in [2.45, 2.75) is 97.7 Å². The summed E-state index contributed by atoms with van der Waals surface area (Å²) in [6.45, 7) is 12.0. The Morgan fingerprint density at radius 1 is 0.673 bits per heavy atom. The van der Waals surface area contributed by atoms with Crippen molar-refractivity contribution >= 4 is 18.1 Å². The number of rotatable bonds is 16. The number of aliphatic hydroxyl groups is 2. The van der Waals surface area contributed by atoms with Gasteiger partial charge in [-0.3, -0.25) is 4.79 Å². The van der Waals surface area contributed by atoms with E-state index in [1.165, 1.54) is 14.2 Å². The van der Waals surface area contributed by atoms with Crippen LogP contribution < -0.4 is 21.3 Å². The zero-order chi connectivity index (χ0) is 38.5. The van der Waals surface area contributed by atoms with Gasteiger partial charge in [0.15, 0.2) is 0 Å². The van der Waals surface area contributed by atoms with Crippen LogP contribution in [-0.4, -0.2) is 79.3 Å². The number of benzene rings is 3. The fourth-order valence-electron chi connectivity index (χ4n) is 5.96. The van der Waals surface area contributed by atoms with Gasteiger partial charge >= 0.3 is 12.2 Å². The summed E-state index contributed by atoms with van der Waals surface area (Å²) in [5, 5.41) is 33.7. The Kier molecular flexibility index (Phi) is 15.7. The topological polar surface area (TPSA) is 158 Å². The Balaban J connectivity index is 1.92. The monoisotopic (exact) mass is 718 g/mol. The molecule has 0 radical (unpaired) electrons. The second-order valence-electron chi connectivity index (χ2n) is 15.5. The zero-order valence-corrected chi connectivity index (χ0v) is 31.9. The van der Waals surface area contributed by atoms with Crippen molar-refractivity contribution in [1.82, 2.24) is 21.3 Å². The molecule has 0 bridgehead atoms. The van der Waals surface area contributed by atoms with Crippen LogP contribution in [0.4, 0.5) is 9.59 Å². The summed E-state index contributed by atoms with van der Waals surface area (Å²) in [5.41, 5.74) is 3.90. The number of ether oxygens (including phenoxy) is 2. The number of hydrogen-bond acceptors (Lipinski definition) is 8. The molecule has 11 heteroatoms. The molecule has 0 aliphatic heterocycles. The molecule has 0 aliphatic rings. The Labute approximate surface area is 308 Å². The van der Waals surface area contributed by atoms with Crippen LogP contribution in [0.25, 0.3) is 11.1 Å². The number of carbonyl (C=O) groups excluding carboxylic acids is 3. The van der Waals surface area contributed by atoms with Crippen molar-refractivity contribution in [3.8, 4) is 11.1 Å². The van der Waals surface area contributed by atoms with E-state index in [9.17, 15) is 24.6 Å². The van der Waals surface area contributed by atoms with Gasteiger partial charge in [0.25, 0.3) is 0 Å². The summed E-state index contributed by atoms with van der Waals surface area (Å²) in [5.74, 6) is -0.381. The molecule has 5 atom stereocenters. The highest BCUT2D eigenvalue weighted by atomic mass is 16.5. The smallest absolute Gasteiger partial charge is 0.407 e. The molecule has 3 amide bonds. The van der Waals surface area contributed by atoms with E-state index in [0.717, 1.165) is 27.8 Å². The molecule has 11 nitrogen and oxygen atoms in total. The summed E-state index contributed by atoms with van der Waals surface area (Å²) in [6, 6.07) is 23.4. The SMILES string of the molecule is COC(=O)N[C@H](C(=O)N[C@@H](Cc1ccccc1)C[C@H](O)[C@H](Cc1ccc(-c2ccc(CO)cc2)cc1)NC[C@@H](NC(=O)OC)C(C)(C)C)C(C)(C)C. The molecular weight excluding hydrogens is 660 g/mol. The van der Waals surface area contributed by atoms with Crippen molar-refractivity contribution in [3.63, 3.8) is 0 Å². The maximum Gasteiger partial charge on any atom is 0.407 e. The van der Waals surface area contributed by atoms with E-state index in [1.807, 2.05) is 120 Å². The van der Waals surface area contributed by atoms with Crippen LogP contribution in [0.2, 0.25) is 0 Å². The molecule has 0 aliphatic carbocycles. The molecule has 0 unspecified atom stereocenters. The van der Waals surface area contributed by atoms with Crippen molar-refractivity contribution < 1.29 is 34.1 Å². The van der Waals surface area contributed by atoms with Gasteiger partial charge in [0.05, 0.1) is 26.9 Å². The molecule has 0 aromatic heterocycles. The minimum Gasteiger partial charge on any atom is -0.453 e. The Morgan fingerprint density at radius 3 is 1.69 bits per heavy atom. The van der Waals surface area contributed by atoms with Crippen molar-refractivity contribution in [2.24, 2.45) is 10.8 Å². The largest absolute Gasteiger partial charge is 0.453 e. The van der Waals surface area contributed by atoms with Crippen LogP contribution in [0.15, 0.2) is 78.9 Å². The molecular formula is C41H58N4O7. The molecule has 3 aromatic carbocycles. The zero-order valence-electron chi connectivity index (χ0n) is 31.9. The first-order valence-electron chi connectivity index (χ1n) is 17.8. The number of aliphatic hydroxyl groups excluding tert-OH is 2. The van der Waals surface area contributed by atoms with Gasteiger partial charge in [0, 0.05) is 24.7 Å². The minimum absolute atomic E-state index is 0.0153. The van der Waals surface area contributed by atoms with Crippen LogP contribution in [0.1, 0.15) is 64.7 Å². The third-order valence-corrected chi connectivity index (χ3v) is 9.22. The highest BCUT2D eigenvalue weighted by molar-refractivity contribution is 5.86. The molecule has 284 valence electrons. The first-order chi connectivity index (χ1) is 24.5. The Hall–Kier alpha value is -4.45. The van der Waals surface area contributed by atoms with Crippen LogP contribution in [0.5, 0.6) is 0 Å². The molecule has 6 N–H and O–H groups in total. The third-order valence-electron chi connectivity index (χ3n) is 9.22. The average molecular weight is 719 g/mol. The van der Waals surface area contributed by atoms with Gasteiger partial charge in [-0.15, -0.1) is 0 Å². The quantitative estimate of drug-likeness (QED) is 0.116. The molecule has 3 rings (SSSR count). The molecule has 0 fully saturated rings. The fraction of sp³-hybridized carbons (Fsp3) is 0.488. The van der Waals surface area contributed by atoms with Gasteiger partial charge in [-0.25, -0.2) is 9.59 Å². The van der Waals surface area contributed by atoms with Gasteiger partial charge in [-0.2, -0.15) is 0 Å². The predicted molar refractivity (Wildman–Crippen MR) is 204 cm³/mol. The van der Waals surface area contributed by atoms with Crippen LogP contribution in [0.3, 0.4) is 0 Å². The highest BCUT2D eigenvalue weighted by Crippen LogP contribution is 2.24. The van der Waals surface area contributed by atoms with Crippen LogP contribution in [-0.2, 0) is 33.7 Å². The van der Waals surface area contributed by atoms with E-state index in [4.69, 9.17) is 9.47 Å². The molecule has 3 aromatic rings. The highest BCUT2D eigenvalue weighted by Gasteiger charge is 2.35. The first-order valence-corrected chi connectivity index (χ1v) is 17.8. The number of amides is 3. The fourth-order valence-corrected chi connectivity index (χ4v) is 5.96. The van der Waals surface area contributed by atoms with Gasteiger partial charge in [0.1, 0.15) is 6.04 Å². The Morgan fingerprint density at radius 2 is 1.19 bits per heavy atom. The second-order valence-corrected chi connectivity index (χ2v) is 15.5. The molecule has 0 heterocycles. The predicted octanol–water partition coefficient (Wildman–Crippen LogP) is 5.37. The van der Waals surface area contributed by atoms with Gasteiger partial charge in [-0.05, 0) is 57.9 Å². The van der Waals surface area contributed by atoms with Gasteiger partial charge in [0.2, 0.25) is 5.91 Å². The normalized spacial score (nSPS) is 14.7. The van der Waals surface area contributed by atoms with E-state index >= 15 is 0 Å². The summed E-state index contributed by atoms with van der Waals surface area (Å²) < 4.78 is 9.69. The minimum atomic E-state index is -0.930. The summed E-state index contributed by atoms with van der Waals surface area (Å²) in [4.78, 5) is 38.2. The summed E-state index contributed by atoms with van der Waals surface area (Å²) >= 11 is 0. The number of methoxy groups -OCH3 is 2. The van der Waals surface area contributed by atoms with Crippen molar-refractivity contribution in [3.05, 3.63) is 95.6 Å². The molecule has 52 heavy (non-hydrogen) atoms. The average Bonchev–Trinajstić information content (AvgIpc) is 3.11. The van der Waals surface area contributed by atoms with Crippen molar-refractivity contribution in [1.29, 1.82) is 0 Å². The number of alkyl carbamates (subject to hydrolysis) is 2. The van der Waals surface area contributed by atoms with E-state index in [1.54, 1.807) is 0 Å². The summed E-state index contributed by atoms with van der Waals surface area (Å²) in [6.07, 6.45) is -1.07. The number of nitrogens with one attached hydrogen (secondary N) is 4. The lowest BCUT2D eigenvalue weighted by molar-refractivity contribution is -0.126. The third kappa shape index (κ3) is 13.3. The maximum absolute atomic E-state index is 13.8. The maximum atomic E-state index is 13.8. The molecule has 0 saturated heterocycles. The van der Waals surface area contributed by atoms with Crippen molar-refractivity contribution in [2.75, 3.05) is 20.8 Å². The number of carbonyl (C=O) groups is 3. The van der Waals surface area contributed by atoms with E-state index in [-0.39, 0.29) is 30.4 Å². The second kappa shape index (κ2) is 19.4. The summed E-state index contributed by atoms with van der Waals surface area (Å²) in [7, 11) is 2.58. The van der Waals surface area contributed by atoms with E-state index in [0.29, 0.717) is 19.4 Å². The Bertz CT molecular complexity index is 1550. The number of hydrogen-bond donors (Lipinski definition) is 6. The first kappa shape index (κ1) is 42.0. The van der Waals surface area contributed by atoms with E-state index in [2.05, 4.69) is 21.3 Å². The molecule has 0 spiro atoms. The van der Waals surface area contributed by atoms with Crippen LogP contribution in [0, 0.1) is 10.8 Å². The lowest BCUT2D eigenvalue weighted by Gasteiger charge is -2.35. The lowest BCUT2D eigenvalue weighted by Crippen LogP contribution is -2.57. The standard InChI is InChI=1S/C41H58N4O7/c1-40(2,3)35(44-38(49)51-7)25-42-33(23-28-14-18-30(19-15-28)31-20-16-29(26-46)17-21-31)34(47)24-32(22-27-12-10-9-11-13-27)43-37(48)36(41(4,5)6)45-39(50)52-8/h9-21,32-36,42,46-47H,22-26H2,1-8H3,(H,43,48)(H,44,49)(H,45,50)/t32-,33-,34-,35+,36+/m0/s1.